The molecule has 1 aromatic carbocycles. The number of piperidine rings is 1. The van der Waals surface area contributed by atoms with E-state index in [1.165, 1.54) is 4.90 Å². The van der Waals surface area contributed by atoms with Gasteiger partial charge in [-0.3, -0.25) is 9.59 Å². The zero-order valence-electron chi connectivity index (χ0n) is 13.3. The highest BCUT2D eigenvalue weighted by Gasteiger charge is 2.36. The van der Waals surface area contributed by atoms with Crippen molar-refractivity contribution < 1.29 is 23.1 Å². The van der Waals surface area contributed by atoms with Crippen LogP contribution in [0.2, 0.25) is 0 Å². The van der Waals surface area contributed by atoms with E-state index in [0.717, 1.165) is 31.0 Å². The van der Waals surface area contributed by atoms with Gasteiger partial charge in [0.2, 0.25) is 5.91 Å². The molecule has 1 atom stereocenters. The zero-order chi connectivity index (χ0) is 17.1. The number of halogens is 2. The number of benzene rings is 1. The van der Waals surface area contributed by atoms with Crippen molar-refractivity contribution >= 4 is 11.8 Å². The molecule has 0 radical (unpaired) electrons. The summed E-state index contributed by atoms with van der Waals surface area (Å²) < 4.78 is 32.6. The van der Waals surface area contributed by atoms with Crippen LogP contribution < -0.4 is 0 Å². The lowest BCUT2D eigenvalue weighted by Crippen LogP contribution is -2.55. The summed E-state index contributed by atoms with van der Waals surface area (Å²) in [5, 5.41) is 0. The fraction of sp³-hybridized carbons (Fsp3) is 0.529. The van der Waals surface area contributed by atoms with Crippen LogP contribution in [0.3, 0.4) is 0 Å². The van der Waals surface area contributed by atoms with Crippen LogP contribution in [-0.2, 0) is 9.53 Å². The lowest BCUT2D eigenvalue weighted by molar-refractivity contribution is -0.141. The second-order valence-corrected chi connectivity index (χ2v) is 6.07. The molecule has 7 heteroatoms. The molecule has 0 aliphatic carbocycles. The van der Waals surface area contributed by atoms with E-state index in [0.29, 0.717) is 39.3 Å². The molecule has 2 amide bonds. The summed E-state index contributed by atoms with van der Waals surface area (Å²) in [5.74, 6) is -2.21. The van der Waals surface area contributed by atoms with Crippen molar-refractivity contribution in [2.75, 3.05) is 32.8 Å². The highest BCUT2D eigenvalue weighted by atomic mass is 19.1. The second-order valence-electron chi connectivity index (χ2n) is 6.07. The Bertz CT molecular complexity index is 632. The van der Waals surface area contributed by atoms with Gasteiger partial charge in [0.05, 0.1) is 18.8 Å². The Kier molecular flexibility index (Phi) is 5.08. The predicted octanol–water partition coefficient (Wildman–Crippen LogP) is 1.82. The van der Waals surface area contributed by atoms with Crippen LogP contribution in [0.15, 0.2) is 18.2 Å². The molecule has 0 bridgehead atoms. The molecule has 0 saturated carbocycles. The van der Waals surface area contributed by atoms with E-state index in [1.807, 2.05) is 0 Å². The molecule has 1 aromatic rings. The molecule has 0 aromatic heterocycles. The van der Waals surface area contributed by atoms with E-state index >= 15 is 0 Å². The predicted molar refractivity (Wildman–Crippen MR) is 82.4 cm³/mol. The molecule has 0 N–H and O–H groups in total. The average Bonchev–Trinajstić information content (AvgIpc) is 2.63. The van der Waals surface area contributed by atoms with Gasteiger partial charge in [-0.05, 0) is 37.5 Å². The van der Waals surface area contributed by atoms with Crippen molar-refractivity contribution in [3.05, 3.63) is 35.4 Å². The van der Waals surface area contributed by atoms with Crippen LogP contribution in [0.1, 0.15) is 29.6 Å². The number of hydrogen-bond donors (Lipinski definition) is 0. The summed E-state index contributed by atoms with van der Waals surface area (Å²) in [5.41, 5.74) is -0.323. The van der Waals surface area contributed by atoms with Gasteiger partial charge in [-0.1, -0.05) is 0 Å². The van der Waals surface area contributed by atoms with Gasteiger partial charge in [0.25, 0.3) is 5.91 Å². The van der Waals surface area contributed by atoms with Crippen LogP contribution in [0.4, 0.5) is 8.78 Å². The molecule has 2 aliphatic rings. The molecule has 2 saturated heterocycles. The number of nitrogens with zero attached hydrogens (tertiary/aromatic N) is 2. The number of rotatable bonds is 2. The molecular weight excluding hydrogens is 318 g/mol. The first-order valence-electron chi connectivity index (χ1n) is 8.20. The summed E-state index contributed by atoms with van der Waals surface area (Å²) in [6.07, 6.45) is 2.12. The summed E-state index contributed by atoms with van der Waals surface area (Å²) in [4.78, 5) is 28.5. The lowest BCUT2D eigenvalue weighted by Gasteiger charge is -2.38. The first kappa shape index (κ1) is 16.8. The fourth-order valence-electron chi connectivity index (χ4n) is 3.24. The second kappa shape index (κ2) is 7.25. The van der Waals surface area contributed by atoms with Crippen molar-refractivity contribution in [1.29, 1.82) is 0 Å². The van der Waals surface area contributed by atoms with Crippen LogP contribution in [0, 0.1) is 11.6 Å². The van der Waals surface area contributed by atoms with Crippen LogP contribution in [-0.4, -0.2) is 60.5 Å². The van der Waals surface area contributed by atoms with Crippen LogP contribution in [0.25, 0.3) is 0 Å². The van der Waals surface area contributed by atoms with Gasteiger partial charge in [0, 0.05) is 19.6 Å². The Balaban J connectivity index is 1.82. The van der Waals surface area contributed by atoms with Gasteiger partial charge in [-0.2, -0.15) is 0 Å². The number of amides is 2. The van der Waals surface area contributed by atoms with Crippen LogP contribution >= 0.6 is 0 Å². The van der Waals surface area contributed by atoms with E-state index in [2.05, 4.69) is 0 Å². The molecule has 130 valence electrons. The van der Waals surface area contributed by atoms with E-state index in [9.17, 15) is 18.4 Å². The third kappa shape index (κ3) is 3.40. The Labute approximate surface area is 139 Å². The third-order valence-corrected chi connectivity index (χ3v) is 4.53. The molecular formula is C17H20F2N2O3. The Morgan fingerprint density at radius 3 is 2.58 bits per heavy atom. The molecule has 2 fully saturated rings. The minimum absolute atomic E-state index is 0.136. The minimum atomic E-state index is -0.774. The zero-order valence-corrected chi connectivity index (χ0v) is 13.3. The highest BCUT2D eigenvalue weighted by Crippen LogP contribution is 2.23. The van der Waals surface area contributed by atoms with Gasteiger partial charge in [0.1, 0.15) is 17.7 Å². The molecule has 0 spiro atoms. The Morgan fingerprint density at radius 1 is 1.08 bits per heavy atom. The van der Waals surface area contributed by atoms with Gasteiger partial charge >= 0.3 is 0 Å². The Morgan fingerprint density at radius 2 is 1.83 bits per heavy atom. The van der Waals surface area contributed by atoms with Crippen LogP contribution in [0.5, 0.6) is 0 Å². The normalized spacial score (nSPS) is 21.7. The molecule has 2 aliphatic heterocycles. The third-order valence-electron chi connectivity index (χ3n) is 4.53. The standard InChI is InChI=1S/C17H20F2N2O3/c18-12-4-5-14(19)13(11-12)16(22)21-6-2-1-3-15(21)17(23)20-7-9-24-10-8-20/h4-5,11,15H,1-3,6-10H2. The number of carbonyl (C=O) groups excluding carboxylic acids is 2. The van der Waals surface area contributed by atoms with E-state index in [-0.39, 0.29) is 11.5 Å². The fourth-order valence-corrected chi connectivity index (χ4v) is 3.24. The van der Waals surface area contributed by atoms with E-state index in [1.54, 1.807) is 4.90 Å². The SMILES string of the molecule is O=C(C1CCCCN1C(=O)c1cc(F)ccc1F)N1CCOCC1. The number of likely N-dealkylation sites (tertiary alicyclic amines) is 1. The van der Waals surface area contributed by atoms with E-state index in [4.69, 9.17) is 4.74 Å². The Hall–Kier alpha value is -2.02. The average molecular weight is 338 g/mol. The maximum atomic E-state index is 13.9. The van der Waals surface area contributed by atoms with Crippen molar-refractivity contribution in [2.45, 2.75) is 25.3 Å². The monoisotopic (exact) mass is 338 g/mol. The lowest BCUT2D eigenvalue weighted by atomic mass is 9.99. The van der Waals surface area contributed by atoms with Crippen molar-refractivity contribution in [2.24, 2.45) is 0 Å². The molecule has 1 unspecified atom stereocenters. The molecule has 3 rings (SSSR count). The molecule has 5 nitrogen and oxygen atoms in total. The number of morpholine rings is 1. The topological polar surface area (TPSA) is 49.9 Å². The number of hydrogen-bond acceptors (Lipinski definition) is 3. The first-order chi connectivity index (χ1) is 11.6. The van der Waals surface area contributed by atoms with Crippen molar-refractivity contribution in [1.82, 2.24) is 9.80 Å². The van der Waals surface area contributed by atoms with E-state index < -0.39 is 23.6 Å². The van der Waals surface area contributed by atoms with Gasteiger partial charge in [0.15, 0.2) is 0 Å². The van der Waals surface area contributed by atoms with Gasteiger partial charge in [-0.25, -0.2) is 8.78 Å². The van der Waals surface area contributed by atoms with Crippen molar-refractivity contribution in [3.8, 4) is 0 Å². The maximum absolute atomic E-state index is 13.9. The van der Waals surface area contributed by atoms with Crippen molar-refractivity contribution in [3.63, 3.8) is 0 Å². The smallest absolute Gasteiger partial charge is 0.257 e. The highest BCUT2D eigenvalue weighted by molar-refractivity contribution is 5.98. The first-order valence-corrected chi connectivity index (χ1v) is 8.20. The summed E-state index contributed by atoms with van der Waals surface area (Å²) in [7, 11) is 0. The number of carbonyl (C=O) groups is 2. The molecule has 24 heavy (non-hydrogen) atoms. The number of ether oxygens (including phenoxy) is 1. The van der Waals surface area contributed by atoms with Gasteiger partial charge < -0.3 is 14.5 Å². The quantitative estimate of drug-likeness (QED) is 0.826. The summed E-state index contributed by atoms with van der Waals surface area (Å²) >= 11 is 0. The minimum Gasteiger partial charge on any atom is -0.378 e. The van der Waals surface area contributed by atoms with Gasteiger partial charge in [-0.15, -0.1) is 0 Å². The largest absolute Gasteiger partial charge is 0.378 e. The summed E-state index contributed by atoms with van der Waals surface area (Å²) in [6.45, 7) is 2.31. The maximum Gasteiger partial charge on any atom is 0.257 e. The molecule has 2 heterocycles. The summed E-state index contributed by atoms with van der Waals surface area (Å²) in [6, 6.07) is 2.18.